The summed E-state index contributed by atoms with van der Waals surface area (Å²) in [7, 11) is 0. The van der Waals surface area contributed by atoms with E-state index < -0.39 is 0 Å². The van der Waals surface area contributed by atoms with Crippen LogP contribution in [0.25, 0.3) is 0 Å². The number of benzene rings is 1. The number of nitrogens with one attached hydrogen (secondary N) is 1. The Morgan fingerprint density at radius 2 is 2.15 bits per heavy atom. The fourth-order valence-corrected chi connectivity index (χ4v) is 2.55. The number of nitrogens with zero attached hydrogens (tertiary/aromatic N) is 1. The van der Waals surface area contributed by atoms with Crippen LogP contribution in [0.5, 0.6) is 0 Å². The van der Waals surface area contributed by atoms with Crippen LogP contribution in [0.3, 0.4) is 0 Å². The normalized spacial score (nSPS) is 10.9. The summed E-state index contributed by atoms with van der Waals surface area (Å²) in [6.45, 7) is 5.64. The second kappa shape index (κ2) is 5.97. The van der Waals surface area contributed by atoms with Gasteiger partial charge in [-0.2, -0.15) is 0 Å². The van der Waals surface area contributed by atoms with Crippen molar-refractivity contribution in [2.24, 2.45) is 0 Å². The lowest BCUT2D eigenvalue weighted by Crippen LogP contribution is -2.15. The maximum absolute atomic E-state index is 12.4. The molecule has 1 aromatic carbocycles. The highest BCUT2D eigenvalue weighted by molar-refractivity contribution is 9.10. The first-order chi connectivity index (χ1) is 9.40. The Kier molecular flexibility index (Phi) is 4.50. The molecule has 0 aliphatic heterocycles. The van der Waals surface area contributed by atoms with Gasteiger partial charge in [-0.1, -0.05) is 46.5 Å². The highest BCUT2D eigenvalue weighted by Gasteiger charge is 2.23. The molecule has 20 heavy (non-hydrogen) atoms. The fourth-order valence-electron chi connectivity index (χ4n) is 1.83. The molecular weight excluding hydrogens is 344 g/mol. The van der Waals surface area contributed by atoms with Gasteiger partial charge in [-0.3, -0.25) is 4.79 Å². The molecule has 0 bridgehead atoms. The van der Waals surface area contributed by atoms with Crippen molar-refractivity contribution in [3.8, 4) is 0 Å². The lowest BCUT2D eigenvalue weighted by molar-refractivity contribution is 0.102. The molecule has 0 spiro atoms. The third-order valence-corrected chi connectivity index (χ3v) is 3.63. The van der Waals surface area contributed by atoms with Gasteiger partial charge in [0, 0.05) is 10.4 Å². The zero-order chi connectivity index (χ0) is 14.9. The summed E-state index contributed by atoms with van der Waals surface area (Å²) in [6, 6.07) is 5.27. The summed E-state index contributed by atoms with van der Waals surface area (Å²) >= 11 is 9.41. The van der Waals surface area contributed by atoms with E-state index in [9.17, 15) is 4.79 Å². The van der Waals surface area contributed by atoms with E-state index >= 15 is 0 Å². The molecule has 1 N–H and O–H groups in total. The molecule has 0 saturated heterocycles. The van der Waals surface area contributed by atoms with Crippen molar-refractivity contribution < 1.29 is 9.32 Å². The predicted octanol–water partition coefficient (Wildman–Crippen LogP) is 4.77. The number of rotatable bonds is 3. The minimum atomic E-state index is -0.267. The molecule has 2 rings (SSSR count). The number of hydrogen-bond acceptors (Lipinski definition) is 3. The van der Waals surface area contributed by atoms with E-state index in [-0.39, 0.29) is 11.8 Å². The number of amides is 1. The van der Waals surface area contributed by atoms with Crippen molar-refractivity contribution in [3.63, 3.8) is 0 Å². The molecule has 0 unspecified atom stereocenters. The van der Waals surface area contributed by atoms with Crippen molar-refractivity contribution in [3.05, 3.63) is 44.7 Å². The van der Waals surface area contributed by atoms with Gasteiger partial charge in [-0.15, -0.1) is 0 Å². The third kappa shape index (κ3) is 3.04. The highest BCUT2D eigenvalue weighted by Crippen LogP contribution is 2.28. The molecular formula is C14H14BrClN2O2. The maximum Gasteiger partial charge on any atom is 0.261 e. The van der Waals surface area contributed by atoms with Crippen molar-refractivity contribution in [2.45, 2.75) is 26.7 Å². The zero-order valence-corrected chi connectivity index (χ0v) is 13.7. The van der Waals surface area contributed by atoms with Gasteiger partial charge < -0.3 is 9.84 Å². The van der Waals surface area contributed by atoms with Gasteiger partial charge in [0.15, 0.2) is 5.76 Å². The predicted molar refractivity (Wildman–Crippen MR) is 82.4 cm³/mol. The van der Waals surface area contributed by atoms with E-state index in [0.717, 1.165) is 4.47 Å². The number of anilines is 1. The Morgan fingerprint density at radius 3 is 2.75 bits per heavy atom. The van der Waals surface area contributed by atoms with Crippen molar-refractivity contribution >= 4 is 39.1 Å². The van der Waals surface area contributed by atoms with E-state index in [0.29, 0.717) is 27.7 Å². The average molecular weight is 358 g/mol. The van der Waals surface area contributed by atoms with E-state index in [1.165, 1.54) is 0 Å². The monoisotopic (exact) mass is 356 g/mol. The Hall–Kier alpha value is -1.33. The molecule has 0 saturated carbocycles. The Balaban J connectivity index is 2.31. The second-order valence-corrected chi connectivity index (χ2v) is 6.06. The standard InChI is InChI=1S/C14H14BrClN2O2/c1-7(2)13-12(8(3)18-20-13)14(19)17-11-5-4-9(15)6-10(11)16/h4-7H,1-3H3,(H,17,19). The van der Waals surface area contributed by atoms with Gasteiger partial charge in [0.05, 0.1) is 16.4 Å². The van der Waals surface area contributed by atoms with Gasteiger partial charge >= 0.3 is 0 Å². The number of halogens is 2. The van der Waals surface area contributed by atoms with Crippen LogP contribution >= 0.6 is 27.5 Å². The molecule has 0 aliphatic carbocycles. The molecule has 0 fully saturated rings. The zero-order valence-electron chi connectivity index (χ0n) is 11.3. The second-order valence-electron chi connectivity index (χ2n) is 4.74. The molecule has 2 aromatic rings. The molecule has 0 radical (unpaired) electrons. The number of aromatic nitrogens is 1. The minimum Gasteiger partial charge on any atom is -0.360 e. The summed E-state index contributed by atoms with van der Waals surface area (Å²) in [6.07, 6.45) is 0. The van der Waals surface area contributed by atoms with E-state index in [4.69, 9.17) is 16.1 Å². The van der Waals surface area contributed by atoms with E-state index in [1.54, 1.807) is 19.1 Å². The summed E-state index contributed by atoms with van der Waals surface area (Å²) < 4.78 is 6.07. The summed E-state index contributed by atoms with van der Waals surface area (Å²) in [5.74, 6) is 0.391. The maximum atomic E-state index is 12.4. The van der Waals surface area contributed by atoms with Crippen molar-refractivity contribution in [1.29, 1.82) is 0 Å². The average Bonchev–Trinajstić information content (AvgIpc) is 2.75. The Morgan fingerprint density at radius 1 is 1.45 bits per heavy atom. The van der Waals surface area contributed by atoms with Crippen LogP contribution in [0.2, 0.25) is 5.02 Å². The van der Waals surface area contributed by atoms with Crippen molar-refractivity contribution in [1.82, 2.24) is 5.16 Å². The molecule has 1 heterocycles. The molecule has 1 aromatic heterocycles. The van der Waals surface area contributed by atoms with Gasteiger partial charge in [-0.25, -0.2) is 0 Å². The number of carbonyl (C=O) groups excluding carboxylic acids is 1. The Bertz CT molecular complexity index is 653. The summed E-state index contributed by atoms with van der Waals surface area (Å²) in [5.41, 5.74) is 1.59. The fraction of sp³-hybridized carbons (Fsp3) is 0.286. The van der Waals surface area contributed by atoms with Gasteiger partial charge in [-0.05, 0) is 25.1 Å². The number of aryl methyl sites for hydroxylation is 1. The molecule has 1 amide bonds. The smallest absolute Gasteiger partial charge is 0.261 e. The van der Waals surface area contributed by atoms with Gasteiger partial charge in [0.25, 0.3) is 5.91 Å². The minimum absolute atomic E-state index is 0.0809. The van der Waals surface area contributed by atoms with Crippen LogP contribution in [-0.4, -0.2) is 11.1 Å². The van der Waals surface area contributed by atoms with Crippen LogP contribution in [-0.2, 0) is 0 Å². The van der Waals surface area contributed by atoms with E-state index in [1.807, 2.05) is 19.9 Å². The first kappa shape index (κ1) is 15.1. The lowest BCUT2D eigenvalue weighted by Gasteiger charge is -2.08. The number of hydrogen-bond donors (Lipinski definition) is 1. The molecule has 0 aliphatic rings. The topological polar surface area (TPSA) is 55.1 Å². The third-order valence-electron chi connectivity index (χ3n) is 2.82. The van der Waals surface area contributed by atoms with Crippen LogP contribution in [0.4, 0.5) is 5.69 Å². The van der Waals surface area contributed by atoms with Crippen LogP contribution in [0.15, 0.2) is 27.2 Å². The molecule has 106 valence electrons. The van der Waals surface area contributed by atoms with Gasteiger partial charge in [0.1, 0.15) is 5.56 Å². The lowest BCUT2D eigenvalue weighted by atomic mass is 10.0. The quantitative estimate of drug-likeness (QED) is 0.860. The number of carbonyl (C=O) groups is 1. The molecule has 4 nitrogen and oxygen atoms in total. The molecule has 6 heteroatoms. The summed E-state index contributed by atoms with van der Waals surface area (Å²) in [5, 5.41) is 7.11. The SMILES string of the molecule is Cc1noc(C(C)C)c1C(=O)Nc1ccc(Br)cc1Cl. The molecule has 0 atom stereocenters. The largest absolute Gasteiger partial charge is 0.360 e. The Labute approximate surface area is 130 Å². The van der Waals surface area contributed by atoms with Crippen LogP contribution in [0, 0.1) is 6.92 Å². The van der Waals surface area contributed by atoms with Gasteiger partial charge in [0.2, 0.25) is 0 Å². The van der Waals surface area contributed by atoms with Crippen LogP contribution < -0.4 is 5.32 Å². The highest BCUT2D eigenvalue weighted by atomic mass is 79.9. The first-order valence-corrected chi connectivity index (χ1v) is 7.29. The van der Waals surface area contributed by atoms with E-state index in [2.05, 4.69) is 26.4 Å². The first-order valence-electron chi connectivity index (χ1n) is 6.12. The van der Waals surface area contributed by atoms with Crippen molar-refractivity contribution in [2.75, 3.05) is 5.32 Å². The van der Waals surface area contributed by atoms with Crippen LogP contribution in [0.1, 0.15) is 41.6 Å². The summed E-state index contributed by atoms with van der Waals surface area (Å²) in [4.78, 5) is 12.4.